The van der Waals surface area contributed by atoms with E-state index in [0.717, 1.165) is 26.2 Å². The van der Waals surface area contributed by atoms with E-state index in [9.17, 15) is 14.7 Å². The largest absolute Gasteiger partial charge is 0.476 e. The highest BCUT2D eigenvalue weighted by molar-refractivity contribution is 7.17. The van der Waals surface area contributed by atoms with Gasteiger partial charge >= 0.3 is 5.97 Å². The second-order valence-electron chi connectivity index (χ2n) is 5.67. The van der Waals surface area contributed by atoms with Crippen LogP contribution in [0.1, 0.15) is 46.3 Å². The van der Waals surface area contributed by atoms with Gasteiger partial charge in [-0.15, -0.1) is 0 Å². The van der Waals surface area contributed by atoms with E-state index in [2.05, 4.69) is 14.8 Å². The zero-order valence-corrected chi connectivity index (χ0v) is 12.9. The fourth-order valence-electron chi connectivity index (χ4n) is 3.16. The number of hydrogen-bond acceptors (Lipinski definition) is 6. The lowest BCUT2D eigenvalue weighted by molar-refractivity contribution is 0.0687. The first-order chi connectivity index (χ1) is 10.1. The lowest BCUT2D eigenvalue weighted by Gasteiger charge is -2.43. The molecule has 2 aliphatic rings. The van der Waals surface area contributed by atoms with Crippen LogP contribution in [-0.4, -0.2) is 59.0 Å². The van der Waals surface area contributed by atoms with Gasteiger partial charge in [-0.05, 0) is 19.4 Å². The molecule has 2 aliphatic heterocycles. The molecule has 3 rings (SSSR count). The van der Waals surface area contributed by atoms with Gasteiger partial charge in [0.1, 0.15) is 4.88 Å². The SMILES string of the molecule is CC(=O)c1sc(N2CCN3CCCCC3C2)nc1C(=O)O. The van der Waals surface area contributed by atoms with E-state index in [1.807, 2.05) is 0 Å². The number of rotatable bonds is 3. The number of piperidine rings is 1. The number of nitrogens with zero attached hydrogens (tertiary/aromatic N) is 3. The maximum Gasteiger partial charge on any atom is 0.356 e. The summed E-state index contributed by atoms with van der Waals surface area (Å²) in [6, 6.07) is 0.533. The average Bonchev–Trinajstić information content (AvgIpc) is 2.92. The Kier molecular flexibility index (Phi) is 3.95. The standard InChI is InChI=1S/C14H19N3O3S/c1-9(18)12-11(13(19)20)15-14(21-12)17-7-6-16-5-3-2-4-10(16)8-17/h10H,2-8H2,1H3,(H,19,20). The van der Waals surface area contributed by atoms with Gasteiger partial charge in [-0.1, -0.05) is 17.8 Å². The summed E-state index contributed by atoms with van der Waals surface area (Å²) in [5.41, 5.74) is -0.103. The van der Waals surface area contributed by atoms with Crippen molar-refractivity contribution in [2.24, 2.45) is 0 Å². The molecule has 0 bridgehead atoms. The molecule has 1 N–H and O–H groups in total. The molecule has 6 nitrogen and oxygen atoms in total. The van der Waals surface area contributed by atoms with Crippen molar-refractivity contribution in [2.45, 2.75) is 32.2 Å². The van der Waals surface area contributed by atoms with Crippen molar-refractivity contribution >= 4 is 28.2 Å². The second kappa shape index (κ2) is 5.73. The third kappa shape index (κ3) is 2.80. The van der Waals surface area contributed by atoms with Gasteiger partial charge in [0.15, 0.2) is 16.6 Å². The molecule has 7 heteroatoms. The van der Waals surface area contributed by atoms with Crippen molar-refractivity contribution in [3.63, 3.8) is 0 Å². The normalized spacial score (nSPS) is 22.9. The number of thiazole rings is 1. The minimum atomic E-state index is -1.13. The monoisotopic (exact) mass is 309 g/mol. The zero-order valence-electron chi connectivity index (χ0n) is 12.0. The fourth-order valence-corrected chi connectivity index (χ4v) is 4.15. The van der Waals surface area contributed by atoms with Crippen molar-refractivity contribution in [3.8, 4) is 0 Å². The first-order valence-corrected chi connectivity index (χ1v) is 8.12. The highest BCUT2D eigenvalue weighted by Gasteiger charge is 2.31. The molecule has 2 fully saturated rings. The Morgan fingerprint density at radius 3 is 2.76 bits per heavy atom. The third-order valence-electron chi connectivity index (χ3n) is 4.25. The lowest BCUT2D eigenvalue weighted by Crippen LogP contribution is -2.54. The number of piperazine rings is 1. The van der Waals surface area contributed by atoms with Crippen LogP contribution in [0.5, 0.6) is 0 Å². The van der Waals surface area contributed by atoms with E-state index in [1.165, 1.54) is 37.5 Å². The molecule has 1 atom stereocenters. The van der Waals surface area contributed by atoms with E-state index in [1.54, 1.807) is 0 Å². The predicted molar refractivity (Wildman–Crippen MR) is 80.5 cm³/mol. The van der Waals surface area contributed by atoms with E-state index in [0.29, 0.717) is 11.2 Å². The Morgan fingerprint density at radius 1 is 1.29 bits per heavy atom. The van der Waals surface area contributed by atoms with E-state index < -0.39 is 5.97 Å². The molecule has 1 aromatic heterocycles. The summed E-state index contributed by atoms with van der Waals surface area (Å²) in [7, 11) is 0. The van der Waals surface area contributed by atoms with Crippen LogP contribution in [0, 0.1) is 0 Å². The summed E-state index contributed by atoms with van der Waals surface area (Å²) >= 11 is 1.21. The van der Waals surface area contributed by atoms with E-state index >= 15 is 0 Å². The molecule has 114 valence electrons. The molecule has 1 unspecified atom stereocenters. The molecule has 0 aliphatic carbocycles. The molecule has 21 heavy (non-hydrogen) atoms. The number of aromatic nitrogens is 1. The molecule has 1 aromatic rings. The van der Waals surface area contributed by atoms with Gasteiger partial charge < -0.3 is 10.0 Å². The maximum absolute atomic E-state index is 11.6. The zero-order chi connectivity index (χ0) is 15.0. The quantitative estimate of drug-likeness (QED) is 0.857. The van der Waals surface area contributed by atoms with Crippen molar-refractivity contribution in [1.29, 1.82) is 0 Å². The fraction of sp³-hybridized carbons (Fsp3) is 0.643. The minimum Gasteiger partial charge on any atom is -0.476 e. The summed E-state index contributed by atoms with van der Waals surface area (Å²) in [6.07, 6.45) is 3.71. The summed E-state index contributed by atoms with van der Waals surface area (Å²) < 4.78 is 0. The first kappa shape index (κ1) is 14.5. The molecule has 0 amide bonds. The maximum atomic E-state index is 11.6. The molecule has 0 aromatic carbocycles. The number of carboxylic acids is 1. The van der Waals surface area contributed by atoms with Gasteiger partial charge in [0.05, 0.1) is 0 Å². The summed E-state index contributed by atoms with van der Waals surface area (Å²) in [6.45, 7) is 5.27. The molecule has 2 saturated heterocycles. The number of anilines is 1. The smallest absolute Gasteiger partial charge is 0.356 e. The highest BCUT2D eigenvalue weighted by Crippen LogP contribution is 2.30. The Bertz CT molecular complexity index is 540. The number of carbonyl (C=O) groups excluding carboxylic acids is 1. The predicted octanol–water partition coefficient (Wildman–Crippen LogP) is 1.72. The number of Topliss-reactive ketones (excluding diaryl/α,β-unsaturated/α-hetero) is 1. The third-order valence-corrected chi connectivity index (χ3v) is 5.46. The topological polar surface area (TPSA) is 73.7 Å². The van der Waals surface area contributed by atoms with Crippen molar-refractivity contribution in [3.05, 3.63) is 10.6 Å². The number of carboxylic acid groups (broad SMARTS) is 1. The van der Waals surface area contributed by atoms with Crippen molar-refractivity contribution in [1.82, 2.24) is 9.88 Å². The van der Waals surface area contributed by atoms with Gasteiger partial charge in [0.25, 0.3) is 0 Å². The van der Waals surface area contributed by atoms with Crippen LogP contribution in [0.3, 0.4) is 0 Å². The van der Waals surface area contributed by atoms with Gasteiger partial charge in [-0.25, -0.2) is 9.78 Å². The molecular formula is C14H19N3O3S. The minimum absolute atomic E-state index is 0.103. The van der Waals surface area contributed by atoms with Crippen LogP contribution >= 0.6 is 11.3 Å². The molecule has 0 saturated carbocycles. The summed E-state index contributed by atoms with van der Waals surface area (Å²) in [5.74, 6) is -1.36. The van der Waals surface area contributed by atoms with Gasteiger partial charge in [0.2, 0.25) is 0 Å². The highest BCUT2D eigenvalue weighted by atomic mass is 32.1. The second-order valence-corrected chi connectivity index (χ2v) is 6.64. The number of aromatic carboxylic acids is 1. The van der Waals surface area contributed by atoms with Gasteiger partial charge in [-0.3, -0.25) is 9.69 Å². The van der Waals surface area contributed by atoms with Crippen LogP contribution in [-0.2, 0) is 0 Å². The number of fused-ring (bicyclic) bond motifs is 1. The van der Waals surface area contributed by atoms with Gasteiger partial charge in [0, 0.05) is 32.6 Å². The van der Waals surface area contributed by atoms with Crippen LogP contribution in [0.2, 0.25) is 0 Å². The van der Waals surface area contributed by atoms with Crippen LogP contribution < -0.4 is 4.90 Å². The van der Waals surface area contributed by atoms with E-state index in [-0.39, 0.29) is 16.4 Å². The van der Waals surface area contributed by atoms with Crippen LogP contribution in [0.4, 0.5) is 5.13 Å². The Hall–Kier alpha value is -1.47. The Morgan fingerprint density at radius 2 is 2.10 bits per heavy atom. The van der Waals surface area contributed by atoms with Crippen LogP contribution in [0.15, 0.2) is 0 Å². The Balaban J connectivity index is 1.82. The van der Waals surface area contributed by atoms with Gasteiger partial charge in [-0.2, -0.15) is 0 Å². The number of carbonyl (C=O) groups is 2. The van der Waals surface area contributed by atoms with Crippen molar-refractivity contribution in [2.75, 3.05) is 31.1 Å². The molecule has 0 spiro atoms. The summed E-state index contributed by atoms with van der Waals surface area (Å²) in [4.78, 5) is 31.9. The van der Waals surface area contributed by atoms with Crippen molar-refractivity contribution < 1.29 is 14.7 Å². The molecule has 3 heterocycles. The summed E-state index contributed by atoms with van der Waals surface area (Å²) in [5, 5.41) is 9.85. The molecular weight excluding hydrogens is 290 g/mol. The Labute approximate surface area is 127 Å². The average molecular weight is 309 g/mol. The number of hydrogen-bond donors (Lipinski definition) is 1. The van der Waals surface area contributed by atoms with E-state index in [4.69, 9.17) is 0 Å². The first-order valence-electron chi connectivity index (χ1n) is 7.30. The number of ketones is 1. The van der Waals surface area contributed by atoms with Crippen LogP contribution in [0.25, 0.3) is 0 Å². The lowest BCUT2D eigenvalue weighted by atomic mass is 10.00. The molecule has 0 radical (unpaired) electrons.